The van der Waals surface area contributed by atoms with Gasteiger partial charge in [0.15, 0.2) is 5.79 Å². The zero-order valence-electron chi connectivity index (χ0n) is 20.1. The lowest BCUT2D eigenvalue weighted by Crippen LogP contribution is -2.51. The van der Waals surface area contributed by atoms with E-state index in [1.807, 2.05) is 20.8 Å². The highest BCUT2D eigenvalue weighted by atomic mass is 35.5. The third-order valence-electron chi connectivity index (χ3n) is 5.91. The molecule has 1 saturated heterocycles. The molecule has 4 rings (SSSR count). The molecular weight excluding hydrogens is 475 g/mol. The van der Waals surface area contributed by atoms with Gasteiger partial charge in [-0.25, -0.2) is 18.5 Å². The fourth-order valence-electron chi connectivity index (χ4n) is 3.73. The topological polar surface area (TPSA) is 87.4 Å². The van der Waals surface area contributed by atoms with Gasteiger partial charge in [-0.05, 0) is 56.2 Å². The van der Waals surface area contributed by atoms with E-state index in [2.05, 4.69) is 10.3 Å². The number of hydrogen-bond donors (Lipinski definition) is 1. The molecule has 0 radical (unpaired) electrons. The Labute approximate surface area is 207 Å². The number of nitrogens with one attached hydrogen (secondary N) is 1. The van der Waals surface area contributed by atoms with Crippen molar-refractivity contribution in [3.8, 4) is 0 Å². The van der Waals surface area contributed by atoms with Gasteiger partial charge in [0.05, 0.1) is 19.8 Å². The molecule has 2 aromatic carbocycles. The summed E-state index contributed by atoms with van der Waals surface area (Å²) in [5.41, 5.74) is -0.257. The highest BCUT2D eigenvalue weighted by molar-refractivity contribution is 6.30. The molecule has 0 atom stereocenters. The monoisotopic (exact) mass is 502 g/mol. The van der Waals surface area contributed by atoms with Gasteiger partial charge in [0.2, 0.25) is 5.95 Å². The third-order valence-corrected chi connectivity index (χ3v) is 6.16. The van der Waals surface area contributed by atoms with Crippen molar-refractivity contribution in [2.24, 2.45) is 5.41 Å². The molecule has 0 unspecified atom stereocenters. The maximum absolute atomic E-state index is 14.1. The molecule has 1 aliphatic heterocycles. The molecule has 2 heterocycles. The van der Waals surface area contributed by atoms with Crippen LogP contribution in [-0.4, -0.2) is 33.1 Å². The smallest absolute Gasteiger partial charge is 0.350 e. The van der Waals surface area contributed by atoms with Gasteiger partial charge >= 0.3 is 11.4 Å². The number of benzene rings is 2. The number of aromatic nitrogens is 3. The summed E-state index contributed by atoms with van der Waals surface area (Å²) >= 11 is 6.00. The maximum Gasteiger partial charge on any atom is 0.354 e. The Kier molecular flexibility index (Phi) is 6.86. The van der Waals surface area contributed by atoms with Crippen molar-refractivity contribution in [2.75, 3.05) is 18.5 Å². The maximum atomic E-state index is 14.1. The lowest BCUT2D eigenvalue weighted by Gasteiger charge is -2.41. The summed E-state index contributed by atoms with van der Waals surface area (Å²) in [7, 11) is 0. The minimum absolute atomic E-state index is 0.0110. The summed E-state index contributed by atoms with van der Waals surface area (Å²) in [5, 5.41) is 3.49. The number of halogens is 2. The number of rotatable bonds is 6. The largest absolute Gasteiger partial charge is 0.354 e. The summed E-state index contributed by atoms with van der Waals surface area (Å²) in [6, 6.07) is 11.5. The van der Waals surface area contributed by atoms with Crippen molar-refractivity contribution in [2.45, 2.75) is 46.6 Å². The van der Waals surface area contributed by atoms with Crippen LogP contribution in [0.25, 0.3) is 0 Å². The van der Waals surface area contributed by atoms with Gasteiger partial charge in [0.1, 0.15) is 5.82 Å². The van der Waals surface area contributed by atoms with Gasteiger partial charge in [0.25, 0.3) is 0 Å². The Morgan fingerprint density at radius 3 is 2.34 bits per heavy atom. The Hall–Kier alpha value is -3.01. The fraction of sp³-hybridized carbons (Fsp3) is 0.400. The summed E-state index contributed by atoms with van der Waals surface area (Å²) < 4.78 is 28.1. The molecule has 186 valence electrons. The van der Waals surface area contributed by atoms with Crippen LogP contribution in [0.5, 0.6) is 0 Å². The molecule has 0 bridgehead atoms. The molecule has 0 spiro atoms. The summed E-state index contributed by atoms with van der Waals surface area (Å²) in [5.74, 6) is -1.13. The Balaban J connectivity index is 1.74. The molecule has 1 fully saturated rings. The highest BCUT2D eigenvalue weighted by Crippen LogP contribution is 2.30. The number of hydrogen-bond acceptors (Lipinski definition) is 6. The standard InChI is InChI=1S/C25H28ClFN4O4/c1-16-5-10-19(11-20(16)27)28-21-29-22(32)31(13-25(4)14-34-24(2,3)35-15-25)23(33)30(21)12-17-6-8-18(26)9-7-17/h5-11H,12-15H2,1-4H3,(H,28,29,32). The molecule has 1 aliphatic rings. The van der Waals surface area contributed by atoms with Gasteiger partial charge in [0, 0.05) is 22.7 Å². The molecule has 3 aromatic rings. The van der Waals surface area contributed by atoms with Crippen LogP contribution < -0.4 is 16.7 Å². The second-order valence-corrected chi connectivity index (χ2v) is 10.1. The number of nitrogens with zero attached hydrogens (tertiary/aromatic N) is 3. The summed E-state index contributed by atoms with van der Waals surface area (Å²) in [6.07, 6.45) is 0. The van der Waals surface area contributed by atoms with Crippen LogP contribution in [0.2, 0.25) is 5.02 Å². The minimum atomic E-state index is -0.728. The average molecular weight is 503 g/mol. The molecule has 35 heavy (non-hydrogen) atoms. The summed E-state index contributed by atoms with van der Waals surface area (Å²) in [6.45, 7) is 7.97. The Bertz CT molecular complexity index is 1340. The van der Waals surface area contributed by atoms with Crippen molar-refractivity contribution in [3.63, 3.8) is 0 Å². The molecular formula is C25H28ClFN4O4. The van der Waals surface area contributed by atoms with Crippen molar-refractivity contribution in [1.82, 2.24) is 14.1 Å². The van der Waals surface area contributed by atoms with E-state index < -0.39 is 28.4 Å². The van der Waals surface area contributed by atoms with Crippen LogP contribution in [0.15, 0.2) is 52.1 Å². The first-order valence-electron chi connectivity index (χ1n) is 11.2. The van der Waals surface area contributed by atoms with Crippen LogP contribution >= 0.6 is 11.6 Å². The van der Waals surface area contributed by atoms with Gasteiger partial charge in [-0.1, -0.05) is 36.7 Å². The van der Waals surface area contributed by atoms with Gasteiger partial charge in [-0.2, -0.15) is 4.98 Å². The van der Waals surface area contributed by atoms with Crippen LogP contribution in [-0.2, 0) is 22.6 Å². The lowest BCUT2D eigenvalue weighted by molar-refractivity contribution is -0.284. The van der Waals surface area contributed by atoms with Crippen LogP contribution in [0, 0.1) is 18.2 Å². The molecule has 10 heteroatoms. The molecule has 8 nitrogen and oxygen atoms in total. The van der Waals surface area contributed by atoms with Crippen LogP contribution in [0.3, 0.4) is 0 Å². The number of ether oxygens (including phenoxy) is 2. The number of anilines is 2. The first kappa shape index (κ1) is 25.1. The zero-order valence-corrected chi connectivity index (χ0v) is 20.9. The second-order valence-electron chi connectivity index (χ2n) is 9.68. The van der Waals surface area contributed by atoms with E-state index in [-0.39, 0.29) is 19.0 Å². The first-order valence-corrected chi connectivity index (χ1v) is 11.6. The molecule has 1 N–H and O–H groups in total. The minimum Gasteiger partial charge on any atom is -0.350 e. The Morgan fingerprint density at radius 1 is 1.06 bits per heavy atom. The molecule has 0 amide bonds. The van der Waals surface area contributed by atoms with Crippen molar-refractivity contribution in [3.05, 3.63) is 85.4 Å². The van der Waals surface area contributed by atoms with Crippen LogP contribution in [0.4, 0.5) is 16.0 Å². The van der Waals surface area contributed by atoms with Crippen molar-refractivity contribution in [1.29, 1.82) is 0 Å². The van der Waals surface area contributed by atoms with Crippen LogP contribution in [0.1, 0.15) is 31.9 Å². The van der Waals surface area contributed by atoms with E-state index in [0.717, 1.165) is 10.1 Å². The normalized spacial score (nSPS) is 16.7. The van der Waals surface area contributed by atoms with E-state index >= 15 is 0 Å². The Morgan fingerprint density at radius 2 is 1.71 bits per heavy atom. The quantitative estimate of drug-likeness (QED) is 0.546. The predicted molar refractivity (Wildman–Crippen MR) is 132 cm³/mol. The molecule has 0 aliphatic carbocycles. The van der Waals surface area contributed by atoms with Crippen molar-refractivity contribution < 1.29 is 13.9 Å². The average Bonchev–Trinajstić information content (AvgIpc) is 2.80. The lowest BCUT2D eigenvalue weighted by atomic mass is 9.91. The molecule has 1 aromatic heterocycles. The van der Waals surface area contributed by atoms with Gasteiger partial charge < -0.3 is 14.8 Å². The van der Waals surface area contributed by atoms with E-state index in [4.69, 9.17) is 21.1 Å². The first-order chi connectivity index (χ1) is 16.4. The predicted octanol–water partition coefficient (Wildman–Crippen LogP) is 4.09. The van der Waals surface area contributed by atoms with E-state index in [1.165, 1.54) is 10.6 Å². The van der Waals surface area contributed by atoms with Gasteiger partial charge in [-0.15, -0.1) is 0 Å². The van der Waals surface area contributed by atoms with Gasteiger partial charge in [-0.3, -0.25) is 4.57 Å². The third kappa shape index (κ3) is 5.80. The van der Waals surface area contributed by atoms with E-state index in [1.54, 1.807) is 43.3 Å². The summed E-state index contributed by atoms with van der Waals surface area (Å²) in [4.78, 5) is 30.7. The zero-order chi connectivity index (χ0) is 25.4. The van der Waals surface area contributed by atoms with Crippen molar-refractivity contribution >= 4 is 23.2 Å². The van der Waals surface area contributed by atoms with E-state index in [9.17, 15) is 14.0 Å². The van der Waals surface area contributed by atoms with E-state index in [0.29, 0.717) is 29.5 Å². The fourth-order valence-corrected chi connectivity index (χ4v) is 3.85. The highest BCUT2D eigenvalue weighted by Gasteiger charge is 2.38. The number of aryl methyl sites for hydroxylation is 1. The molecule has 0 saturated carbocycles. The SMILES string of the molecule is Cc1ccc(Nc2nc(=O)n(CC3(C)COC(C)(C)OC3)c(=O)n2Cc2ccc(Cl)cc2)cc1F. The second kappa shape index (κ2) is 9.56.